The van der Waals surface area contributed by atoms with Crippen molar-refractivity contribution in [2.45, 2.75) is 24.6 Å². The summed E-state index contributed by atoms with van der Waals surface area (Å²) >= 11 is 0. The van der Waals surface area contributed by atoms with E-state index in [4.69, 9.17) is 0 Å². The summed E-state index contributed by atoms with van der Waals surface area (Å²) in [5.74, 6) is 1.19. The summed E-state index contributed by atoms with van der Waals surface area (Å²) < 4.78 is 23.0. The minimum Gasteiger partial charge on any atom is -0.348 e. The van der Waals surface area contributed by atoms with Gasteiger partial charge >= 0.3 is 0 Å². The molecule has 0 radical (unpaired) electrons. The Bertz CT molecular complexity index is 399. The van der Waals surface area contributed by atoms with Crippen molar-refractivity contribution in [1.29, 1.82) is 0 Å². The molecule has 15 heavy (non-hydrogen) atoms. The average molecular weight is 229 g/mol. The van der Waals surface area contributed by atoms with Crippen LogP contribution >= 0.6 is 0 Å². The molecule has 1 aromatic heterocycles. The first kappa shape index (κ1) is 10.6. The number of hydrogen-bond donors (Lipinski definition) is 2. The number of aromatic nitrogens is 2. The monoisotopic (exact) mass is 229 g/mol. The predicted molar refractivity (Wildman–Crippen MR) is 57.1 cm³/mol. The van der Waals surface area contributed by atoms with E-state index in [2.05, 4.69) is 15.3 Å². The zero-order valence-corrected chi connectivity index (χ0v) is 9.26. The normalized spacial score (nSPS) is 24.4. The second-order valence-corrected chi connectivity index (χ2v) is 6.20. The van der Waals surface area contributed by atoms with E-state index in [1.165, 1.54) is 0 Å². The highest BCUT2D eigenvalue weighted by molar-refractivity contribution is 7.92. The van der Waals surface area contributed by atoms with E-state index in [0.717, 1.165) is 18.7 Å². The SMILES string of the molecule is O=S1(=O)CCCC1CNCc1ncc[nH]1. The van der Waals surface area contributed by atoms with Gasteiger partial charge in [-0.1, -0.05) is 0 Å². The maximum absolute atomic E-state index is 11.5. The Labute approximate surface area is 89.2 Å². The predicted octanol–water partition coefficient (Wildman–Crippen LogP) is 0.0765. The van der Waals surface area contributed by atoms with Crippen LogP contribution in [-0.4, -0.2) is 35.9 Å². The molecule has 1 fully saturated rings. The fourth-order valence-corrected chi connectivity index (χ4v) is 3.63. The van der Waals surface area contributed by atoms with Gasteiger partial charge in [0, 0.05) is 18.9 Å². The van der Waals surface area contributed by atoms with Gasteiger partial charge < -0.3 is 10.3 Å². The quantitative estimate of drug-likeness (QED) is 0.766. The average Bonchev–Trinajstić information content (AvgIpc) is 2.77. The number of imidazole rings is 1. The third-order valence-electron chi connectivity index (χ3n) is 2.68. The van der Waals surface area contributed by atoms with Crippen molar-refractivity contribution in [2.24, 2.45) is 0 Å². The second kappa shape index (κ2) is 4.32. The van der Waals surface area contributed by atoms with Gasteiger partial charge in [0.25, 0.3) is 0 Å². The molecule has 2 rings (SSSR count). The van der Waals surface area contributed by atoms with Crippen LogP contribution in [-0.2, 0) is 16.4 Å². The van der Waals surface area contributed by atoms with E-state index in [9.17, 15) is 8.42 Å². The van der Waals surface area contributed by atoms with Gasteiger partial charge in [0.2, 0.25) is 0 Å². The molecule has 0 amide bonds. The molecule has 1 aromatic rings. The van der Waals surface area contributed by atoms with E-state index < -0.39 is 9.84 Å². The lowest BCUT2D eigenvalue weighted by atomic mass is 10.2. The summed E-state index contributed by atoms with van der Waals surface area (Å²) in [4.78, 5) is 7.01. The van der Waals surface area contributed by atoms with E-state index in [0.29, 0.717) is 18.8 Å². The molecule has 1 unspecified atom stereocenters. The van der Waals surface area contributed by atoms with Crippen LogP contribution in [0.3, 0.4) is 0 Å². The van der Waals surface area contributed by atoms with E-state index >= 15 is 0 Å². The van der Waals surface area contributed by atoms with Gasteiger partial charge in [-0.05, 0) is 12.8 Å². The van der Waals surface area contributed by atoms with Crippen LogP contribution < -0.4 is 5.32 Å². The van der Waals surface area contributed by atoms with Crippen LogP contribution in [0.25, 0.3) is 0 Å². The Kier molecular flexibility index (Phi) is 3.06. The van der Waals surface area contributed by atoms with Crippen LogP contribution in [0.1, 0.15) is 18.7 Å². The summed E-state index contributed by atoms with van der Waals surface area (Å²) in [7, 11) is -2.82. The number of nitrogens with one attached hydrogen (secondary N) is 2. The van der Waals surface area contributed by atoms with Crippen molar-refractivity contribution in [3.8, 4) is 0 Å². The fourth-order valence-electron chi connectivity index (χ4n) is 1.83. The minimum atomic E-state index is -2.82. The molecule has 84 valence electrons. The van der Waals surface area contributed by atoms with Crippen LogP contribution in [0.4, 0.5) is 0 Å². The van der Waals surface area contributed by atoms with Crippen LogP contribution in [0.5, 0.6) is 0 Å². The van der Waals surface area contributed by atoms with E-state index in [1.807, 2.05) is 0 Å². The molecule has 0 spiro atoms. The first-order valence-corrected chi connectivity index (χ1v) is 6.80. The number of aromatic amines is 1. The van der Waals surface area contributed by atoms with Gasteiger partial charge in [-0.3, -0.25) is 0 Å². The zero-order valence-electron chi connectivity index (χ0n) is 8.44. The summed E-state index contributed by atoms with van der Waals surface area (Å²) in [5.41, 5.74) is 0. The van der Waals surface area contributed by atoms with Gasteiger partial charge in [-0.2, -0.15) is 0 Å². The third-order valence-corrected chi connectivity index (χ3v) is 4.96. The van der Waals surface area contributed by atoms with Crippen molar-refractivity contribution in [3.05, 3.63) is 18.2 Å². The highest BCUT2D eigenvalue weighted by Crippen LogP contribution is 2.18. The number of sulfone groups is 1. The largest absolute Gasteiger partial charge is 0.348 e. The number of rotatable bonds is 4. The Balaban J connectivity index is 1.79. The summed E-state index contributed by atoms with van der Waals surface area (Å²) in [5, 5.41) is 2.91. The van der Waals surface area contributed by atoms with Crippen molar-refractivity contribution < 1.29 is 8.42 Å². The van der Waals surface area contributed by atoms with Gasteiger partial charge in [-0.25, -0.2) is 13.4 Å². The van der Waals surface area contributed by atoms with Crippen molar-refractivity contribution in [3.63, 3.8) is 0 Å². The van der Waals surface area contributed by atoms with E-state index in [-0.39, 0.29) is 5.25 Å². The first-order valence-electron chi connectivity index (χ1n) is 5.09. The van der Waals surface area contributed by atoms with E-state index in [1.54, 1.807) is 12.4 Å². The molecular formula is C9H15N3O2S. The summed E-state index contributed by atoms with van der Waals surface area (Å²) in [6.45, 7) is 1.13. The summed E-state index contributed by atoms with van der Waals surface area (Å²) in [6, 6.07) is 0. The topological polar surface area (TPSA) is 74.8 Å². The Morgan fingerprint density at radius 3 is 3.07 bits per heavy atom. The second-order valence-electron chi connectivity index (χ2n) is 3.80. The smallest absolute Gasteiger partial charge is 0.154 e. The molecule has 1 atom stereocenters. The molecule has 1 aliphatic heterocycles. The van der Waals surface area contributed by atoms with Crippen LogP contribution in [0, 0.1) is 0 Å². The molecular weight excluding hydrogens is 214 g/mol. The zero-order chi connectivity index (χ0) is 10.7. The Morgan fingerprint density at radius 2 is 2.47 bits per heavy atom. The van der Waals surface area contributed by atoms with Gasteiger partial charge in [-0.15, -0.1) is 0 Å². The van der Waals surface area contributed by atoms with Crippen LogP contribution in [0.15, 0.2) is 12.4 Å². The third kappa shape index (κ3) is 2.57. The first-order chi connectivity index (χ1) is 7.18. The van der Waals surface area contributed by atoms with Crippen LogP contribution in [0.2, 0.25) is 0 Å². The lowest BCUT2D eigenvalue weighted by molar-refractivity contribution is 0.571. The molecule has 0 bridgehead atoms. The molecule has 1 saturated heterocycles. The minimum absolute atomic E-state index is 0.201. The van der Waals surface area contributed by atoms with Gasteiger partial charge in [0.15, 0.2) is 9.84 Å². The highest BCUT2D eigenvalue weighted by atomic mass is 32.2. The van der Waals surface area contributed by atoms with Crippen molar-refractivity contribution >= 4 is 9.84 Å². The number of H-pyrrole nitrogens is 1. The Morgan fingerprint density at radius 1 is 1.60 bits per heavy atom. The molecule has 6 heteroatoms. The van der Waals surface area contributed by atoms with Gasteiger partial charge in [0.05, 0.1) is 17.5 Å². The van der Waals surface area contributed by atoms with Crippen molar-refractivity contribution in [2.75, 3.05) is 12.3 Å². The maximum atomic E-state index is 11.5. The molecule has 1 aliphatic rings. The number of nitrogens with zero attached hydrogens (tertiary/aromatic N) is 1. The lowest BCUT2D eigenvalue weighted by Gasteiger charge is -2.09. The van der Waals surface area contributed by atoms with Crippen molar-refractivity contribution in [1.82, 2.24) is 15.3 Å². The molecule has 2 heterocycles. The standard InChI is InChI=1S/C9H15N3O2S/c13-15(14)5-1-2-8(15)6-10-7-9-11-3-4-12-9/h3-4,8,10H,1-2,5-7H2,(H,11,12). The molecule has 0 aliphatic carbocycles. The maximum Gasteiger partial charge on any atom is 0.154 e. The molecule has 2 N–H and O–H groups in total. The highest BCUT2D eigenvalue weighted by Gasteiger charge is 2.30. The molecule has 0 saturated carbocycles. The van der Waals surface area contributed by atoms with Gasteiger partial charge in [0.1, 0.15) is 5.82 Å². The lowest BCUT2D eigenvalue weighted by Crippen LogP contribution is -2.30. The molecule has 5 nitrogen and oxygen atoms in total. The number of hydrogen-bond acceptors (Lipinski definition) is 4. The Hall–Kier alpha value is -0.880. The summed E-state index contributed by atoms with van der Waals surface area (Å²) in [6.07, 6.45) is 5.02. The fraction of sp³-hybridized carbons (Fsp3) is 0.667. The molecule has 0 aromatic carbocycles.